The van der Waals surface area contributed by atoms with Gasteiger partial charge in [0.1, 0.15) is 11.3 Å². The Morgan fingerprint density at radius 2 is 1.48 bits per heavy atom. The van der Waals surface area contributed by atoms with Crippen molar-refractivity contribution in [3.05, 3.63) is 0 Å². The number of aliphatic carboxylic acids is 3. The van der Waals surface area contributed by atoms with Crippen molar-refractivity contribution in [3.63, 3.8) is 0 Å². The van der Waals surface area contributed by atoms with Crippen molar-refractivity contribution in [2.24, 2.45) is 0 Å². The van der Waals surface area contributed by atoms with E-state index in [0.717, 1.165) is 0 Å². The summed E-state index contributed by atoms with van der Waals surface area (Å²) in [5.74, 6) is -3.68. The molecule has 0 aliphatic heterocycles. The van der Waals surface area contributed by atoms with Crippen molar-refractivity contribution in [1.82, 2.24) is 5.32 Å². The second kappa shape index (κ2) is 16.4. The Labute approximate surface area is 163 Å². The maximum Gasteiger partial charge on any atom is 0.327 e. The molecule has 12 heteroatoms. The van der Waals surface area contributed by atoms with Crippen LogP contribution in [0.5, 0.6) is 0 Å². The molecule has 2 atom stereocenters. The number of thiol groups is 2. The molecular weight excluding hydrogens is 692 g/mol. The van der Waals surface area contributed by atoms with Gasteiger partial charge in [-0.25, -0.2) is 4.79 Å². The summed E-state index contributed by atoms with van der Waals surface area (Å²) < 4.78 is 0. The molecule has 8 nitrogen and oxygen atoms in total. The van der Waals surface area contributed by atoms with Crippen LogP contribution in [0.1, 0.15) is 13.3 Å². The quantitative estimate of drug-likeness (QED) is 0.159. The Bertz CT molecular complexity index is 357. The minimum atomic E-state index is -1.21. The van der Waals surface area contributed by atoms with Crippen LogP contribution in [0.3, 0.4) is 0 Å². The number of hydrogen-bond donors (Lipinski definition) is 6. The second-order valence-electron chi connectivity index (χ2n) is 3.23. The maximum atomic E-state index is 10.3. The molecule has 0 spiro atoms. The first-order valence-corrected chi connectivity index (χ1v) is 6.00. The fourth-order valence-electron chi connectivity index (χ4n) is 0.684. The van der Waals surface area contributed by atoms with Gasteiger partial charge >= 0.3 is 17.9 Å². The van der Waals surface area contributed by atoms with Crippen LogP contribution in [-0.2, 0) is 63.9 Å². The van der Waals surface area contributed by atoms with Crippen molar-refractivity contribution in [2.75, 3.05) is 5.75 Å². The van der Waals surface area contributed by atoms with Crippen molar-refractivity contribution >= 4 is 49.1 Å². The van der Waals surface area contributed by atoms with Crippen molar-refractivity contribution in [2.45, 2.75) is 24.6 Å². The molecule has 0 rings (SSSR count). The van der Waals surface area contributed by atoms with E-state index < -0.39 is 35.6 Å². The first-order valence-electron chi connectivity index (χ1n) is 4.85. The standard InChI is InChI=1S/C5H9NO3S.C4H6O4S.2Au/c1-3(7)6-4(2-10)5(8)9;5-3(6)1-2(9)4(7)8;;/h4,10H,2H2,1H3,(H,6,7)(H,8,9);2,9H,1H2,(H,5,6)(H,7,8);;. The molecule has 0 aromatic rings. The maximum absolute atomic E-state index is 10.3. The zero-order valence-electron chi connectivity index (χ0n) is 10.5. The molecule has 2 unspecified atom stereocenters. The van der Waals surface area contributed by atoms with Gasteiger partial charge < -0.3 is 20.6 Å². The van der Waals surface area contributed by atoms with Gasteiger partial charge in [-0.1, -0.05) is 0 Å². The molecule has 0 aliphatic carbocycles. The fraction of sp³-hybridized carbons (Fsp3) is 0.556. The average Bonchev–Trinajstić information content (AvgIpc) is 2.25. The molecule has 0 aliphatic rings. The molecule has 0 saturated heterocycles. The van der Waals surface area contributed by atoms with Crippen LogP contribution in [0.2, 0.25) is 0 Å². The van der Waals surface area contributed by atoms with Crippen LogP contribution in [0, 0.1) is 0 Å². The van der Waals surface area contributed by atoms with Crippen LogP contribution in [-0.4, -0.2) is 56.2 Å². The molecule has 21 heavy (non-hydrogen) atoms. The number of carboxylic acids is 3. The van der Waals surface area contributed by atoms with Crippen LogP contribution in [0.25, 0.3) is 0 Å². The number of carboxylic acid groups (broad SMARTS) is 3. The first kappa shape index (κ1) is 29.1. The number of carbonyl (C=O) groups is 4. The minimum Gasteiger partial charge on any atom is -0.481 e. The molecule has 4 N–H and O–H groups in total. The fourth-order valence-corrected chi connectivity index (χ4v) is 1.09. The van der Waals surface area contributed by atoms with Gasteiger partial charge in [0.25, 0.3) is 0 Å². The summed E-state index contributed by atoms with van der Waals surface area (Å²) in [6.45, 7) is 1.26. The second-order valence-corrected chi connectivity index (χ2v) is 4.21. The van der Waals surface area contributed by atoms with Crippen molar-refractivity contribution in [1.29, 1.82) is 0 Å². The molecule has 1 amide bonds. The molecule has 0 saturated carbocycles. The van der Waals surface area contributed by atoms with Gasteiger partial charge in [-0.15, -0.1) is 0 Å². The Morgan fingerprint density at radius 3 is 1.57 bits per heavy atom. The number of amides is 1. The monoisotopic (exact) mass is 707 g/mol. The third-order valence-corrected chi connectivity index (χ3v) is 2.28. The van der Waals surface area contributed by atoms with E-state index in [1.807, 2.05) is 0 Å². The molecule has 2 radical (unpaired) electrons. The number of hydrogen-bond acceptors (Lipinski definition) is 6. The predicted molar refractivity (Wildman–Crippen MR) is 71.8 cm³/mol. The average molecular weight is 707 g/mol. The summed E-state index contributed by atoms with van der Waals surface area (Å²) in [5.41, 5.74) is 0. The zero-order chi connectivity index (χ0) is 15.6. The van der Waals surface area contributed by atoms with E-state index in [2.05, 4.69) is 30.6 Å². The Hall–Kier alpha value is 0.0605. The van der Waals surface area contributed by atoms with Gasteiger partial charge in [-0.05, 0) is 0 Å². The van der Waals surface area contributed by atoms with Crippen LogP contribution in [0.4, 0.5) is 0 Å². The van der Waals surface area contributed by atoms with E-state index in [1.165, 1.54) is 6.92 Å². The largest absolute Gasteiger partial charge is 0.481 e. The van der Waals surface area contributed by atoms with Gasteiger partial charge in [-0.2, -0.15) is 25.3 Å². The van der Waals surface area contributed by atoms with Gasteiger partial charge in [0.2, 0.25) is 5.91 Å². The molecular formula is C9H15Au2NO7S2. The van der Waals surface area contributed by atoms with Crippen LogP contribution >= 0.6 is 25.3 Å². The van der Waals surface area contributed by atoms with Gasteiger partial charge in [0.05, 0.1) is 6.42 Å². The third-order valence-electron chi connectivity index (χ3n) is 1.51. The first-order chi connectivity index (χ1) is 8.61. The summed E-state index contributed by atoms with van der Waals surface area (Å²) in [7, 11) is 0. The number of rotatable bonds is 6. The van der Waals surface area contributed by atoms with E-state index in [0.29, 0.717) is 0 Å². The normalized spacial score (nSPS) is 11.2. The third kappa shape index (κ3) is 20.1. The van der Waals surface area contributed by atoms with Crippen molar-refractivity contribution < 1.29 is 79.3 Å². The summed E-state index contributed by atoms with van der Waals surface area (Å²) in [6, 6.07) is -0.874. The Kier molecular flexibility index (Phi) is 22.8. The van der Waals surface area contributed by atoms with E-state index in [-0.39, 0.29) is 56.4 Å². The van der Waals surface area contributed by atoms with E-state index >= 15 is 0 Å². The van der Waals surface area contributed by atoms with E-state index in [4.69, 9.17) is 15.3 Å². The Balaban J connectivity index is -0.000000126. The molecule has 0 aromatic heterocycles. The molecule has 0 aromatic carbocycles. The summed E-state index contributed by atoms with van der Waals surface area (Å²) in [5, 5.41) is 25.6. The minimum absolute atomic E-state index is 0. The molecule has 0 heterocycles. The number of carbonyl (C=O) groups excluding carboxylic acids is 1. The molecule has 0 bridgehead atoms. The molecule has 132 valence electrons. The van der Waals surface area contributed by atoms with Gasteiger partial charge in [-0.3, -0.25) is 14.4 Å². The summed E-state index contributed by atoms with van der Waals surface area (Å²) in [4.78, 5) is 40.2. The zero-order valence-corrected chi connectivity index (χ0v) is 16.7. The van der Waals surface area contributed by atoms with Crippen molar-refractivity contribution in [3.8, 4) is 0 Å². The van der Waals surface area contributed by atoms with E-state index in [9.17, 15) is 19.2 Å². The van der Waals surface area contributed by atoms with Gasteiger partial charge in [0.15, 0.2) is 0 Å². The SMILES string of the molecule is CC(=O)NC(CS)C(=O)O.O=C(O)CC(S)C(=O)O.[Au].[Au]. The number of nitrogens with one attached hydrogen (secondary N) is 1. The topological polar surface area (TPSA) is 141 Å². The Morgan fingerprint density at radius 1 is 1.05 bits per heavy atom. The van der Waals surface area contributed by atoms with Crippen LogP contribution < -0.4 is 5.32 Å². The smallest absolute Gasteiger partial charge is 0.327 e. The summed E-state index contributed by atoms with van der Waals surface area (Å²) in [6.07, 6.45) is -0.446. The summed E-state index contributed by atoms with van der Waals surface area (Å²) >= 11 is 7.22. The molecule has 0 fully saturated rings. The predicted octanol–water partition coefficient (Wildman–Crippen LogP) is -0.655. The van der Waals surface area contributed by atoms with E-state index in [1.54, 1.807) is 0 Å². The van der Waals surface area contributed by atoms with Gasteiger partial charge in [0, 0.05) is 57.4 Å². The van der Waals surface area contributed by atoms with Crippen LogP contribution in [0.15, 0.2) is 0 Å².